The maximum absolute atomic E-state index is 13.2. The van der Waals surface area contributed by atoms with E-state index < -0.39 is 0 Å². The Labute approximate surface area is 123 Å². The minimum absolute atomic E-state index is 0.327. The predicted molar refractivity (Wildman–Crippen MR) is 82.6 cm³/mol. The van der Waals surface area contributed by atoms with E-state index in [1.165, 1.54) is 0 Å². The van der Waals surface area contributed by atoms with Crippen molar-refractivity contribution in [2.75, 3.05) is 5.33 Å². The van der Waals surface area contributed by atoms with Crippen LogP contribution in [-0.4, -0.2) is 5.33 Å². The van der Waals surface area contributed by atoms with Gasteiger partial charge in [-0.15, -0.1) is 0 Å². The lowest BCUT2D eigenvalue weighted by Gasteiger charge is -2.06. The third kappa shape index (κ3) is 3.09. The third-order valence-electron chi connectivity index (χ3n) is 2.70. The van der Waals surface area contributed by atoms with Gasteiger partial charge in [0.1, 0.15) is 0 Å². The van der Waals surface area contributed by atoms with Gasteiger partial charge in [-0.3, -0.25) is 0 Å². The van der Waals surface area contributed by atoms with Gasteiger partial charge < -0.3 is 0 Å². The Morgan fingerprint density at radius 2 is 1.44 bits per heavy atom. The lowest BCUT2D eigenvalue weighted by atomic mass is 10.0. The molecule has 3 heteroatoms. The second-order valence-corrected chi connectivity index (χ2v) is 5.07. The molecule has 0 atom stereocenters. The molecular formula is C15H11Br2F. The van der Waals surface area contributed by atoms with E-state index in [4.69, 9.17) is 0 Å². The molecule has 0 unspecified atom stereocenters. The molecule has 0 saturated heterocycles. The van der Waals surface area contributed by atoms with Crippen LogP contribution in [0, 0.1) is 0 Å². The summed E-state index contributed by atoms with van der Waals surface area (Å²) < 4.78 is 12.9. The molecule has 18 heavy (non-hydrogen) atoms. The lowest BCUT2D eigenvalue weighted by molar-refractivity contribution is 0.707. The van der Waals surface area contributed by atoms with E-state index in [1.807, 2.05) is 42.5 Å². The van der Waals surface area contributed by atoms with E-state index in [0.717, 1.165) is 16.7 Å². The van der Waals surface area contributed by atoms with Crippen molar-refractivity contribution in [3.63, 3.8) is 0 Å². The first-order chi connectivity index (χ1) is 8.72. The normalized spacial score (nSPS) is 12.2. The maximum Gasteiger partial charge on any atom is 0.170 e. The average molecular weight is 370 g/mol. The molecule has 0 saturated carbocycles. The summed E-state index contributed by atoms with van der Waals surface area (Å²) >= 11 is 6.17. The van der Waals surface area contributed by atoms with Gasteiger partial charge in [-0.25, -0.2) is 0 Å². The molecule has 0 amide bonds. The fourth-order valence-corrected chi connectivity index (χ4v) is 3.05. The first-order valence-electron chi connectivity index (χ1n) is 5.48. The molecule has 0 spiro atoms. The highest BCUT2D eigenvalue weighted by Crippen LogP contribution is 2.27. The maximum atomic E-state index is 13.2. The second-order valence-electron chi connectivity index (χ2n) is 3.82. The number of benzene rings is 2. The Balaban J connectivity index is 2.34. The van der Waals surface area contributed by atoms with Gasteiger partial charge in [0.2, 0.25) is 0 Å². The zero-order valence-corrected chi connectivity index (χ0v) is 12.7. The van der Waals surface area contributed by atoms with Crippen molar-refractivity contribution in [1.82, 2.24) is 0 Å². The van der Waals surface area contributed by atoms with Crippen LogP contribution in [0.1, 0.15) is 5.56 Å². The van der Waals surface area contributed by atoms with Gasteiger partial charge in [0.05, 0.1) is 0 Å². The predicted octanol–water partition coefficient (Wildman–Crippen LogP) is 5.78. The molecule has 0 fully saturated rings. The Morgan fingerprint density at radius 1 is 0.889 bits per heavy atom. The van der Waals surface area contributed by atoms with Crippen LogP contribution in [0.5, 0.6) is 0 Å². The fraction of sp³-hybridized carbons (Fsp3) is 0.0667. The number of halogens is 3. The minimum Gasteiger partial charge on any atom is -0.198 e. The Hall–Kier alpha value is -0.930. The molecule has 2 aromatic rings. The van der Waals surface area contributed by atoms with Gasteiger partial charge in [-0.2, -0.15) is 4.39 Å². The zero-order chi connectivity index (χ0) is 13.0. The SMILES string of the molecule is FC(Br)=C(CBr)c1ccc(-c2ccccc2)cc1. The molecule has 0 bridgehead atoms. The average Bonchev–Trinajstić information content (AvgIpc) is 2.41. The summed E-state index contributed by atoms with van der Waals surface area (Å²) in [4.78, 5) is 0. The summed E-state index contributed by atoms with van der Waals surface area (Å²) in [6.07, 6.45) is 0. The van der Waals surface area contributed by atoms with Crippen LogP contribution < -0.4 is 0 Å². The molecule has 0 N–H and O–H groups in total. The van der Waals surface area contributed by atoms with Gasteiger partial charge >= 0.3 is 0 Å². The number of alkyl halides is 1. The standard InChI is InChI=1S/C15H11Br2F/c16-10-14(15(17)18)13-8-6-12(7-9-13)11-4-2-1-3-5-11/h1-9H,10H2. The molecule has 0 nitrogen and oxygen atoms in total. The Morgan fingerprint density at radius 3 is 1.94 bits per heavy atom. The number of allylic oxidation sites excluding steroid dienone is 1. The van der Waals surface area contributed by atoms with Gasteiger partial charge in [0.25, 0.3) is 0 Å². The molecule has 0 radical (unpaired) electrons. The first kappa shape index (κ1) is 13.5. The van der Waals surface area contributed by atoms with Crippen LogP contribution in [0.15, 0.2) is 59.3 Å². The van der Waals surface area contributed by atoms with Gasteiger partial charge in [-0.1, -0.05) is 70.5 Å². The Bertz CT molecular complexity index is 540. The van der Waals surface area contributed by atoms with Crippen LogP contribution in [0.25, 0.3) is 16.7 Å². The highest BCUT2D eigenvalue weighted by atomic mass is 79.9. The molecule has 92 valence electrons. The monoisotopic (exact) mass is 368 g/mol. The minimum atomic E-state index is -0.327. The largest absolute Gasteiger partial charge is 0.198 e. The van der Waals surface area contributed by atoms with E-state index in [1.54, 1.807) is 0 Å². The van der Waals surface area contributed by atoms with Gasteiger partial charge in [0.15, 0.2) is 4.74 Å². The molecule has 0 aliphatic carbocycles. The van der Waals surface area contributed by atoms with Crippen molar-refractivity contribution in [2.45, 2.75) is 0 Å². The molecule has 0 aromatic heterocycles. The summed E-state index contributed by atoms with van der Waals surface area (Å²) in [6, 6.07) is 18.0. The number of hydrogen-bond donors (Lipinski definition) is 0. The van der Waals surface area contributed by atoms with E-state index in [-0.39, 0.29) is 4.74 Å². The van der Waals surface area contributed by atoms with Crippen molar-refractivity contribution in [3.8, 4) is 11.1 Å². The summed E-state index contributed by atoms with van der Waals surface area (Å²) in [6.45, 7) is 0. The summed E-state index contributed by atoms with van der Waals surface area (Å²) in [5.41, 5.74) is 3.78. The van der Waals surface area contributed by atoms with Crippen LogP contribution in [-0.2, 0) is 0 Å². The van der Waals surface area contributed by atoms with E-state index >= 15 is 0 Å². The van der Waals surface area contributed by atoms with Crippen molar-refractivity contribution in [3.05, 3.63) is 64.9 Å². The third-order valence-corrected chi connectivity index (χ3v) is 3.74. The fourth-order valence-electron chi connectivity index (χ4n) is 1.73. The zero-order valence-electron chi connectivity index (χ0n) is 9.54. The summed E-state index contributed by atoms with van der Waals surface area (Å²) in [5.74, 6) is 0. The second kappa shape index (κ2) is 6.30. The smallest absolute Gasteiger partial charge is 0.170 e. The van der Waals surface area contributed by atoms with Gasteiger partial charge in [-0.05, 0) is 32.6 Å². The molecule has 2 rings (SSSR count). The molecule has 2 aromatic carbocycles. The quantitative estimate of drug-likeness (QED) is 0.601. The van der Waals surface area contributed by atoms with Crippen molar-refractivity contribution in [1.29, 1.82) is 0 Å². The van der Waals surface area contributed by atoms with Gasteiger partial charge in [0, 0.05) is 10.9 Å². The number of rotatable bonds is 3. The highest BCUT2D eigenvalue weighted by Gasteiger charge is 2.06. The van der Waals surface area contributed by atoms with Crippen molar-refractivity contribution < 1.29 is 4.39 Å². The van der Waals surface area contributed by atoms with Crippen molar-refractivity contribution in [2.24, 2.45) is 0 Å². The van der Waals surface area contributed by atoms with Crippen molar-refractivity contribution >= 4 is 37.4 Å². The topological polar surface area (TPSA) is 0 Å². The highest BCUT2D eigenvalue weighted by molar-refractivity contribution is 9.12. The summed E-state index contributed by atoms with van der Waals surface area (Å²) in [5, 5.41) is 0.481. The van der Waals surface area contributed by atoms with Crippen LogP contribution in [0.4, 0.5) is 4.39 Å². The number of hydrogen-bond acceptors (Lipinski definition) is 0. The van der Waals surface area contributed by atoms with Crippen LogP contribution >= 0.6 is 31.9 Å². The Kier molecular flexibility index (Phi) is 4.72. The molecule has 0 aliphatic rings. The molecular weight excluding hydrogens is 359 g/mol. The van der Waals surface area contributed by atoms with E-state index in [0.29, 0.717) is 10.9 Å². The van der Waals surface area contributed by atoms with Crippen LogP contribution in [0.2, 0.25) is 0 Å². The molecule has 0 aliphatic heterocycles. The van der Waals surface area contributed by atoms with Crippen LogP contribution in [0.3, 0.4) is 0 Å². The molecule has 0 heterocycles. The first-order valence-corrected chi connectivity index (χ1v) is 7.40. The lowest BCUT2D eigenvalue weighted by Crippen LogP contribution is -1.87. The van der Waals surface area contributed by atoms with E-state index in [9.17, 15) is 4.39 Å². The van der Waals surface area contributed by atoms with E-state index in [2.05, 4.69) is 44.0 Å². The summed E-state index contributed by atoms with van der Waals surface area (Å²) in [7, 11) is 0.